The molecule has 8 nitrogen and oxygen atoms in total. The molecule has 0 bridgehead atoms. The van der Waals surface area contributed by atoms with Crippen LogP contribution in [0.2, 0.25) is 0 Å². The minimum Gasteiger partial charge on any atom is -0.507 e. The summed E-state index contributed by atoms with van der Waals surface area (Å²) in [6.45, 7) is 6.33. The van der Waals surface area contributed by atoms with Crippen molar-refractivity contribution in [1.29, 1.82) is 0 Å². The Morgan fingerprint density at radius 1 is 1.12 bits per heavy atom. The summed E-state index contributed by atoms with van der Waals surface area (Å²) in [5, 5.41) is 12.3. The van der Waals surface area contributed by atoms with E-state index in [-0.39, 0.29) is 49.0 Å². The molecule has 1 aromatic carbocycles. The van der Waals surface area contributed by atoms with Gasteiger partial charge in [-0.3, -0.25) is 14.4 Å². The van der Waals surface area contributed by atoms with Crippen molar-refractivity contribution < 1.29 is 32.7 Å². The minimum atomic E-state index is -4.69. The van der Waals surface area contributed by atoms with Crippen molar-refractivity contribution in [3.63, 3.8) is 0 Å². The molecule has 0 radical (unpaired) electrons. The molecule has 1 saturated heterocycles. The zero-order valence-corrected chi connectivity index (χ0v) is 19.2. The summed E-state index contributed by atoms with van der Waals surface area (Å²) >= 11 is 0. The van der Waals surface area contributed by atoms with Crippen LogP contribution in [0.15, 0.2) is 18.2 Å². The number of piperazine rings is 1. The van der Waals surface area contributed by atoms with Crippen molar-refractivity contribution in [2.45, 2.75) is 33.4 Å². The van der Waals surface area contributed by atoms with Crippen LogP contribution >= 0.6 is 0 Å². The lowest BCUT2D eigenvalue weighted by atomic mass is 10.0. The maximum Gasteiger partial charge on any atom is 0.420 e. The lowest BCUT2D eigenvalue weighted by molar-refractivity contribution is -0.138. The molecule has 1 aliphatic heterocycles. The number of rotatable bonds is 6. The Hall–Kier alpha value is -3.50. The molecule has 3 rings (SSSR count). The molecule has 0 saturated carbocycles. The van der Waals surface area contributed by atoms with Crippen molar-refractivity contribution in [2.24, 2.45) is 0 Å². The predicted molar refractivity (Wildman–Crippen MR) is 119 cm³/mol. The molecule has 0 spiro atoms. The van der Waals surface area contributed by atoms with Crippen molar-refractivity contribution in [3.8, 4) is 5.75 Å². The molecule has 3 N–H and O–H groups in total. The SMILES string of the molecule is CCCNC(=O)c1[nH]c(C)c(C(=O)C(=O)N2CCN(c3ccc(O)c(C(F)(F)F)c3)CC2)c1C. The molecule has 2 heterocycles. The van der Waals surface area contributed by atoms with Crippen LogP contribution in [-0.4, -0.2) is 65.3 Å². The molecule has 1 aliphatic rings. The Kier molecular flexibility index (Phi) is 7.23. The molecule has 0 atom stereocenters. The average Bonchev–Trinajstić information content (AvgIpc) is 3.10. The van der Waals surface area contributed by atoms with Crippen LogP contribution in [0, 0.1) is 13.8 Å². The standard InChI is InChI=1S/C23H27F3N4O4/c1-4-7-27-21(33)19-13(2)18(14(3)28-19)20(32)22(34)30-10-8-29(9-11-30)15-5-6-17(31)16(12-15)23(24,25)26/h5-6,12,28,31H,4,7-11H2,1-3H3,(H,27,33). The van der Waals surface area contributed by atoms with Gasteiger partial charge in [-0.2, -0.15) is 13.2 Å². The molecule has 1 aromatic heterocycles. The molecule has 11 heteroatoms. The van der Waals surface area contributed by atoms with Gasteiger partial charge in [-0.1, -0.05) is 6.92 Å². The first kappa shape index (κ1) is 25.1. The monoisotopic (exact) mass is 480 g/mol. The van der Waals surface area contributed by atoms with Crippen LogP contribution in [0.1, 0.15) is 51.0 Å². The molecule has 34 heavy (non-hydrogen) atoms. The van der Waals surface area contributed by atoms with Crippen LogP contribution < -0.4 is 10.2 Å². The van der Waals surface area contributed by atoms with Gasteiger partial charge in [-0.05, 0) is 44.0 Å². The van der Waals surface area contributed by atoms with Gasteiger partial charge < -0.3 is 25.2 Å². The number of alkyl halides is 3. The smallest absolute Gasteiger partial charge is 0.420 e. The fourth-order valence-corrected chi connectivity index (χ4v) is 4.01. The average molecular weight is 480 g/mol. The third kappa shape index (κ3) is 5.02. The van der Waals surface area contributed by atoms with E-state index in [1.807, 2.05) is 6.92 Å². The molecular weight excluding hydrogens is 453 g/mol. The molecular formula is C23H27F3N4O4. The Labute approximate surface area is 194 Å². The second kappa shape index (κ2) is 9.78. The summed E-state index contributed by atoms with van der Waals surface area (Å²) < 4.78 is 39.3. The number of phenols is 1. The van der Waals surface area contributed by atoms with Gasteiger partial charge in [-0.25, -0.2) is 0 Å². The first-order chi connectivity index (χ1) is 16.0. The number of aryl methyl sites for hydroxylation is 1. The fourth-order valence-electron chi connectivity index (χ4n) is 4.01. The van der Waals surface area contributed by atoms with Crippen molar-refractivity contribution in [3.05, 3.63) is 46.3 Å². The second-order valence-corrected chi connectivity index (χ2v) is 8.19. The van der Waals surface area contributed by atoms with E-state index in [0.717, 1.165) is 18.6 Å². The van der Waals surface area contributed by atoms with Crippen molar-refractivity contribution in [2.75, 3.05) is 37.6 Å². The molecule has 2 aromatic rings. The molecule has 2 amide bonds. The van der Waals surface area contributed by atoms with Crippen LogP contribution in [0.4, 0.5) is 18.9 Å². The van der Waals surface area contributed by atoms with E-state index < -0.39 is 29.2 Å². The Balaban J connectivity index is 1.70. The summed E-state index contributed by atoms with van der Waals surface area (Å²) in [5.41, 5.74) is 0.341. The highest BCUT2D eigenvalue weighted by molar-refractivity contribution is 6.43. The number of H-pyrrole nitrogens is 1. The number of benzene rings is 1. The molecule has 184 valence electrons. The van der Waals surface area contributed by atoms with Crippen LogP contribution in [0.25, 0.3) is 0 Å². The number of phenolic OH excluding ortho intramolecular Hbond substituents is 1. The molecule has 0 aliphatic carbocycles. The first-order valence-corrected chi connectivity index (χ1v) is 10.9. The lowest BCUT2D eigenvalue weighted by Crippen LogP contribution is -2.50. The van der Waals surface area contributed by atoms with Crippen molar-refractivity contribution >= 4 is 23.3 Å². The van der Waals surface area contributed by atoms with E-state index >= 15 is 0 Å². The van der Waals surface area contributed by atoms with Gasteiger partial charge in [0.25, 0.3) is 17.6 Å². The number of carbonyl (C=O) groups is 3. The number of Topliss-reactive ketones (excluding diaryl/α,β-unsaturated/α-hetero) is 1. The minimum absolute atomic E-state index is 0.138. The fraction of sp³-hybridized carbons (Fsp3) is 0.435. The Morgan fingerprint density at radius 3 is 2.35 bits per heavy atom. The largest absolute Gasteiger partial charge is 0.507 e. The van der Waals surface area contributed by atoms with E-state index in [1.165, 1.54) is 11.0 Å². The van der Waals surface area contributed by atoms with E-state index in [2.05, 4.69) is 10.3 Å². The Bertz CT molecular complexity index is 1100. The maximum absolute atomic E-state index is 13.1. The number of aromatic nitrogens is 1. The number of hydrogen-bond donors (Lipinski definition) is 3. The second-order valence-electron chi connectivity index (χ2n) is 8.19. The zero-order valence-electron chi connectivity index (χ0n) is 19.2. The van der Waals surface area contributed by atoms with E-state index in [1.54, 1.807) is 18.7 Å². The summed E-state index contributed by atoms with van der Waals surface area (Å²) in [6.07, 6.45) is -3.94. The molecule has 1 fully saturated rings. The highest BCUT2D eigenvalue weighted by Gasteiger charge is 2.35. The highest BCUT2D eigenvalue weighted by atomic mass is 19.4. The topological polar surface area (TPSA) is 106 Å². The zero-order chi connectivity index (χ0) is 25.2. The highest BCUT2D eigenvalue weighted by Crippen LogP contribution is 2.38. The predicted octanol–water partition coefficient (Wildman–Crippen LogP) is 3.03. The number of anilines is 1. The van der Waals surface area contributed by atoms with Gasteiger partial charge in [0, 0.05) is 44.1 Å². The van der Waals surface area contributed by atoms with E-state index in [9.17, 15) is 32.7 Å². The number of aromatic hydroxyl groups is 1. The van der Waals surface area contributed by atoms with Gasteiger partial charge >= 0.3 is 6.18 Å². The van der Waals surface area contributed by atoms with Crippen molar-refractivity contribution in [1.82, 2.24) is 15.2 Å². The summed E-state index contributed by atoms with van der Waals surface area (Å²) in [4.78, 5) is 44.1. The van der Waals surface area contributed by atoms with Gasteiger partial charge in [-0.15, -0.1) is 0 Å². The van der Waals surface area contributed by atoms with Gasteiger partial charge in [0.15, 0.2) is 0 Å². The number of ketones is 1. The molecule has 0 unspecified atom stereocenters. The first-order valence-electron chi connectivity index (χ1n) is 10.9. The number of nitrogens with one attached hydrogen (secondary N) is 2. The summed E-state index contributed by atoms with van der Waals surface area (Å²) in [7, 11) is 0. The quantitative estimate of drug-likeness (QED) is 0.436. The lowest BCUT2D eigenvalue weighted by Gasteiger charge is -2.36. The van der Waals surface area contributed by atoms with Gasteiger partial charge in [0.05, 0.1) is 11.1 Å². The maximum atomic E-state index is 13.1. The van der Waals surface area contributed by atoms with Crippen LogP contribution in [-0.2, 0) is 11.0 Å². The number of carbonyl (C=O) groups excluding carboxylic acids is 3. The number of nitrogens with zero attached hydrogens (tertiary/aromatic N) is 2. The Morgan fingerprint density at radius 2 is 1.76 bits per heavy atom. The summed E-state index contributed by atoms with van der Waals surface area (Å²) in [6, 6.07) is 3.24. The third-order valence-electron chi connectivity index (χ3n) is 5.84. The normalized spacial score (nSPS) is 14.3. The third-order valence-corrected chi connectivity index (χ3v) is 5.84. The number of aromatic amines is 1. The van der Waals surface area contributed by atoms with Crippen LogP contribution in [0.3, 0.4) is 0 Å². The van der Waals surface area contributed by atoms with E-state index in [4.69, 9.17) is 0 Å². The summed E-state index contributed by atoms with van der Waals surface area (Å²) in [5.74, 6) is -2.67. The number of amides is 2. The number of halogens is 3. The van der Waals surface area contributed by atoms with Gasteiger partial charge in [0.2, 0.25) is 0 Å². The number of hydrogen-bond acceptors (Lipinski definition) is 5. The van der Waals surface area contributed by atoms with Gasteiger partial charge in [0.1, 0.15) is 11.4 Å². The van der Waals surface area contributed by atoms with E-state index in [0.29, 0.717) is 17.8 Å². The van der Waals surface area contributed by atoms with Crippen LogP contribution in [0.5, 0.6) is 5.75 Å².